The lowest BCUT2D eigenvalue weighted by molar-refractivity contribution is -0.124. The van der Waals surface area contributed by atoms with E-state index in [-0.39, 0.29) is 23.2 Å². The molecule has 142 valence electrons. The fraction of sp³-hybridized carbons (Fsp3) is 0.263. The Labute approximate surface area is 166 Å². The average molecular weight is 408 g/mol. The highest BCUT2D eigenvalue weighted by Crippen LogP contribution is 2.30. The van der Waals surface area contributed by atoms with Crippen LogP contribution in [0.2, 0.25) is 5.02 Å². The molecule has 1 amide bonds. The maximum atomic E-state index is 12.1. The minimum atomic E-state index is -0.641. The third kappa shape index (κ3) is 5.08. The lowest BCUT2D eigenvalue weighted by atomic mass is 10.2. The van der Waals surface area contributed by atoms with E-state index < -0.39 is 18.5 Å². The summed E-state index contributed by atoms with van der Waals surface area (Å²) in [7, 11) is 0. The molecule has 0 fully saturated rings. The Bertz CT molecular complexity index is 845. The van der Waals surface area contributed by atoms with Gasteiger partial charge in [0.15, 0.2) is 18.1 Å². The largest absolute Gasteiger partial charge is 0.486 e. The van der Waals surface area contributed by atoms with Crippen LogP contribution in [0.3, 0.4) is 0 Å². The number of halogens is 1. The quantitative estimate of drug-likeness (QED) is 0.585. The monoisotopic (exact) mass is 407 g/mol. The topological polar surface area (TPSA) is 73.9 Å². The number of nitrogens with one attached hydrogen (secondary N) is 1. The zero-order valence-corrected chi connectivity index (χ0v) is 16.1. The Morgan fingerprint density at radius 2 is 2.04 bits per heavy atom. The number of rotatable bonds is 6. The summed E-state index contributed by atoms with van der Waals surface area (Å²) in [5.74, 6) is 0.247. The number of fused-ring (bicyclic) bond motifs is 1. The molecule has 0 spiro atoms. The van der Waals surface area contributed by atoms with Crippen LogP contribution in [0.25, 0.3) is 0 Å². The minimum absolute atomic E-state index is 0.233. The van der Waals surface area contributed by atoms with Gasteiger partial charge in [-0.05, 0) is 36.6 Å². The maximum absolute atomic E-state index is 12.1. The fourth-order valence-electron chi connectivity index (χ4n) is 2.44. The third-order valence-corrected chi connectivity index (χ3v) is 4.88. The maximum Gasteiger partial charge on any atom is 0.340 e. The van der Waals surface area contributed by atoms with Crippen molar-refractivity contribution >= 4 is 35.2 Å². The molecule has 2 aromatic rings. The first-order chi connectivity index (χ1) is 13.1. The first-order valence-corrected chi connectivity index (χ1v) is 9.83. The Hall–Kier alpha value is -2.38. The molecule has 1 N–H and O–H groups in total. The smallest absolute Gasteiger partial charge is 0.340 e. The standard InChI is InChI=1S/C19H18ClNO5S/c1-27-13-6-7-15(20)14(8-13)19(23)25-11-18(22)21-9-12-10-24-16-4-2-3-5-17(16)26-12/h2-8,12H,9-11H2,1H3,(H,21,22)/t12-/m1/s1. The lowest BCUT2D eigenvalue weighted by Gasteiger charge is -2.26. The Morgan fingerprint density at radius 1 is 1.26 bits per heavy atom. The molecular weight excluding hydrogens is 390 g/mol. The van der Waals surface area contributed by atoms with Crippen molar-refractivity contribution in [1.29, 1.82) is 0 Å². The van der Waals surface area contributed by atoms with Crippen molar-refractivity contribution < 1.29 is 23.8 Å². The Kier molecular flexibility index (Phi) is 6.47. The lowest BCUT2D eigenvalue weighted by Crippen LogP contribution is -2.42. The summed E-state index contributed by atoms with van der Waals surface area (Å²) in [6, 6.07) is 12.4. The first-order valence-electron chi connectivity index (χ1n) is 8.22. The van der Waals surface area contributed by atoms with Crippen LogP contribution in [0.15, 0.2) is 47.4 Å². The van der Waals surface area contributed by atoms with Crippen LogP contribution in [-0.4, -0.2) is 44.0 Å². The molecular formula is C19H18ClNO5S. The number of hydrogen-bond acceptors (Lipinski definition) is 6. The molecule has 0 saturated heterocycles. The van der Waals surface area contributed by atoms with Crippen LogP contribution in [-0.2, 0) is 9.53 Å². The average Bonchev–Trinajstić information content (AvgIpc) is 2.70. The van der Waals surface area contributed by atoms with Crippen molar-refractivity contribution in [2.75, 3.05) is 26.0 Å². The molecule has 1 aliphatic rings. The number of hydrogen-bond donors (Lipinski definition) is 1. The van der Waals surface area contributed by atoms with Gasteiger partial charge in [0.2, 0.25) is 0 Å². The molecule has 1 atom stereocenters. The van der Waals surface area contributed by atoms with Crippen LogP contribution in [0.1, 0.15) is 10.4 Å². The summed E-state index contributed by atoms with van der Waals surface area (Å²) in [5, 5.41) is 2.95. The van der Waals surface area contributed by atoms with Crippen molar-refractivity contribution in [2.45, 2.75) is 11.0 Å². The summed E-state index contributed by atoms with van der Waals surface area (Å²) < 4.78 is 16.4. The van der Waals surface area contributed by atoms with Gasteiger partial charge in [0, 0.05) is 4.90 Å². The molecule has 0 radical (unpaired) electrons. The van der Waals surface area contributed by atoms with Crippen molar-refractivity contribution in [3.63, 3.8) is 0 Å². The number of ether oxygens (including phenoxy) is 3. The molecule has 0 unspecified atom stereocenters. The van der Waals surface area contributed by atoms with Crippen LogP contribution in [0.4, 0.5) is 0 Å². The van der Waals surface area contributed by atoms with Gasteiger partial charge in [-0.2, -0.15) is 0 Å². The number of para-hydroxylation sites is 2. The highest BCUT2D eigenvalue weighted by Gasteiger charge is 2.21. The van der Waals surface area contributed by atoms with Crippen molar-refractivity contribution in [2.24, 2.45) is 0 Å². The second kappa shape index (κ2) is 9.01. The van der Waals surface area contributed by atoms with Gasteiger partial charge in [-0.1, -0.05) is 23.7 Å². The van der Waals surface area contributed by atoms with E-state index in [1.165, 1.54) is 11.8 Å². The number of benzene rings is 2. The van der Waals surface area contributed by atoms with Gasteiger partial charge in [0.1, 0.15) is 12.7 Å². The number of esters is 1. The van der Waals surface area contributed by atoms with Crippen LogP contribution >= 0.6 is 23.4 Å². The molecule has 0 saturated carbocycles. The van der Waals surface area contributed by atoms with Crippen molar-refractivity contribution in [3.05, 3.63) is 53.1 Å². The summed E-state index contributed by atoms with van der Waals surface area (Å²) in [6.45, 7) is 0.171. The van der Waals surface area contributed by atoms with Crippen molar-refractivity contribution in [3.8, 4) is 11.5 Å². The SMILES string of the molecule is CSc1ccc(Cl)c(C(=O)OCC(=O)NC[C@@H]2COc3ccccc3O2)c1. The summed E-state index contributed by atoms with van der Waals surface area (Å²) in [6.07, 6.45) is 1.58. The van der Waals surface area contributed by atoms with E-state index in [1.54, 1.807) is 24.3 Å². The zero-order valence-electron chi connectivity index (χ0n) is 14.6. The molecule has 8 heteroatoms. The molecule has 0 aliphatic carbocycles. The third-order valence-electron chi connectivity index (χ3n) is 3.82. The molecule has 3 rings (SSSR count). The fourth-order valence-corrected chi connectivity index (χ4v) is 3.07. The number of thioether (sulfide) groups is 1. The second-order valence-corrected chi connectivity index (χ2v) is 7.01. The van der Waals surface area contributed by atoms with Crippen LogP contribution in [0, 0.1) is 0 Å². The molecule has 1 heterocycles. The highest BCUT2D eigenvalue weighted by molar-refractivity contribution is 7.98. The van der Waals surface area contributed by atoms with E-state index in [0.717, 1.165) is 4.90 Å². The van der Waals surface area contributed by atoms with Gasteiger partial charge in [-0.15, -0.1) is 11.8 Å². The Morgan fingerprint density at radius 3 is 2.81 bits per heavy atom. The van der Waals surface area contributed by atoms with E-state index in [1.807, 2.05) is 24.5 Å². The molecule has 0 bridgehead atoms. The molecule has 6 nitrogen and oxygen atoms in total. The summed E-state index contributed by atoms with van der Waals surface area (Å²) >= 11 is 7.51. The number of carbonyl (C=O) groups is 2. The molecule has 1 aliphatic heterocycles. The number of carbonyl (C=O) groups excluding carboxylic acids is 2. The van der Waals surface area contributed by atoms with E-state index >= 15 is 0 Å². The first kappa shape index (κ1) is 19.4. The van der Waals surface area contributed by atoms with Gasteiger partial charge < -0.3 is 19.5 Å². The summed E-state index contributed by atoms with van der Waals surface area (Å²) in [4.78, 5) is 25.0. The summed E-state index contributed by atoms with van der Waals surface area (Å²) in [5.41, 5.74) is 0.233. The van der Waals surface area contributed by atoms with E-state index in [4.69, 9.17) is 25.8 Å². The zero-order chi connectivity index (χ0) is 19.2. The predicted octanol–water partition coefficient (Wildman–Crippen LogP) is 3.17. The van der Waals surface area contributed by atoms with E-state index in [9.17, 15) is 9.59 Å². The number of amides is 1. The Balaban J connectivity index is 1.46. The van der Waals surface area contributed by atoms with E-state index in [0.29, 0.717) is 18.1 Å². The predicted molar refractivity (Wildman–Crippen MR) is 103 cm³/mol. The van der Waals surface area contributed by atoms with Gasteiger partial charge >= 0.3 is 5.97 Å². The minimum Gasteiger partial charge on any atom is -0.486 e. The van der Waals surface area contributed by atoms with E-state index in [2.05, 4.69) is 5.32 Å². The van der Waals surface area contributed by atoms with Crippen LogP contribution < -0.4 is 14.8 Å². The molecule has 0 aromatic heterocycles. The normalized spacial score (nSPS) is 15.1. The van der Waals surface area contributed by atoms with Gasteiger partial charge in [0.25, 0.3) is 5.91 Å². The highest BCUT2D eigenvalue weighted by atomic mass is 35.5. The van der Waals surface area contributed by atoms with Crippen LogP contribution in [0.5, 0.6) is 11.5 Å². The van der Waals surface area contributed by atoms with Gasteiger partial charge in [0.05, 0.1) is 17.1 Å². The van der Waals surface area contributed by atoms with Gasteiger partial charge in [-0.25, -0.2) is 4.79 Å². The molecule has 2 aromatic carbocycles. The van der Waals surface area contributed by atoms with Gasteiger partial charge in [-0.3, -0.25) is 4.79 Å². The molecule has 27 heavy (non-hydrogen) atoms. The van der Waals surface area contributed by atoms with Crippen molar-refractivity contribution in [1.82, 2.24) is 5.32 Å². The second-order valence-electron chi connectivity index (χ2n) is 5.72.